The van der Waals surface area contributed by atoms with Gasteiger partial charge in [0, 0.05) is 6.07 Å². The highest BCUT2D eigenvalue weighted by atomic mass is 79.9. The number of ether oxygens (including phenoxy) is 3. The molecule has 2 aromatic carbocycles. The number of methoxy groups -OCH3 is 2. The Morgan fingerprint density at radius 3 is 2.65 bits per heavy atom. The number of hydrazone groups is 1. The van der Waals surface area contributed by atoms with E-state index in [9.17, 15) is 9.90 Å². The van der Waals surface area contributed by atoms with Crippen molar-refractivity contribution in [3.8, 4) is 23.0 Å². The second kappa shape index (κ2) is 9.10. The predicted molar refractivity (Wildman–Crippen MR) is 102 cm³/mol. The Balaban J connectivity index is 2.14. The quantitative estimate of drug-likeness (QED) is 0.527. The molecule has 2 aromatic rings. The van der Waals surface area contributed by atoms with Crippen LogP contribution < -0.4 is 19.6 Å². The molecule has 0 unspecified atom stereocenters. The number of phenols is 1. The molecule has 0 saturated heterocycles. The van der Waals surface area contributed by atoms with Crippen LogP contribution in [0.15, 0.2) is 39.9 Å². The lowest BCUT2D eigenvalue weighted by Gasteiger charge is -2.09. The summed E-state index contributed by atoms with van der Waals surface area (Å²) < 4.78 is 16.1. The molecule has 0 fully saturated rings. The van der Waals surface area contributed by atoms with Gasteiger partial charge in [-0.2, -0.15) is 5.10 Å². The highest BCUT2D eigenvalue weighted by Gasteiger charge is 2.13. The number of aromatic hydroxyl groups is 1. The summed E-state index contributed by atoms with van der Waals surface area (Å²) >= 11 is 3.25. The van der Waals surface area contributed by atoms with Crippen molar-refractivity contribution in [2.75, 3.05) is 20.8 Å². The number of amides is 1. The normalized spacial score (nSPS) is 10.6. The molecule has 7 nitrogen and oxygen atoms in total. The molecule has 0 radical (unpaired) electrons. The summed E-state index contributed by atoms with van der Waals surface area (Å²) in [5.74, 6) is 0.869. The minimum absolute atomic E-state index is 0.0102. The number of hydrogen-bond donors (Lipinski definition) is 2. The van der Waals surface area contributed by atoms with E-state index in [4.69, 9.17) is 14.2 Å². The Labute approximate surface area is 159 Å². The number of phenolic OH excluding ortho intramolecular Hbond substituents is 1. The van der Waals surface area contributed by atoms with E-state index < -0.39 is 5.91 Å². The predicted octanol–water partition coefficient (Wildman–Crippen LogP) is 3.33. The van der Waals surface area contributed by atoms with Gasteiger partial charge in [-0.05, 0) is 52.7 Å². The van der Waals surface area contributed by atoms with Gasteiger partial charge in [0.1, 0.15) is 11.5 Å². The maximum atomic E-state index is 12.3. The van der Waals surface area contributed by atoms with Gasteiger partial charge in [-0.3, -0.25) is 4.79 Å². The van der Waals surface area contributed by atoms with Crippen LogP contribution in [-0.4, -0.2) is 38.1 Å². The molecular formula is C18H19BrN2O5. The molecule has 26 heavy (non-hydrogen) atoms. The average molecular weight is 423 g/mol. The Kier molecular flexibility index (Phi) is 6.85. The second-order valence-electron chi connectivity index (χ2n) is 5.05. The molecule has 0 atom stereocenters. The molecule has 0 aliphatic rings. The third-order valence-corrected chi connectivity index (χ3v) is 3.99. The third-order valence-electron chi connectivity index (χ3n) is 3.38. The summed E-state index contributed by atoms with van der Waals surface area (Å²) in [4.78, 5) is 12.3. The fourth-order valence-electron chi connectivity index (χ4n) is 2.15. The molecule has 2 rings (SSSR count). The van der Waals surface area contributed by atoms with Crippen molar-refractivity contribution in [3.05, 3.63) is 45.9 Å². The first kappa shape index (κ1) is 19.6. The molecule has 0 heterocycles. The number of hydrogen-bond acceptors (Lipinski definition) is 6. The minimum Gasteiger partial charge on any atom is -0.503 e. The first-order valence-electron chi connectivity index (χ1n) is 7.70. The zero-order valence-electron chi connectivity index (χ0n) is 14.6. The molecule has 8 heteroatoms. The monoisotopic (exact) mass is 422 g/mol. The number of rotatable bonds is 7. The Morgan fingerprint density at radius 2 is 2.00 bits per heavy atom. The van der Waals surface area contributed by atoms with E-state index >= 15 is 0 Å². The van der Waals surface area contributed by atoms with Gasteiger partial charge in [0.25, 0.3) is 5.91 Å². The standard InChI is InChI=1S/C18H19BrN2O5/c1-4-26-16-8-11(7-14(19)17(16)22)10-20-21-18(23)13-6-5-12(24-2)9-15(13)25-3/h5-10,22H,4H2,1-3H3,(H,21,23)/b20-10-. The van der Waals surface area contributed by atoms with E-state index in [1.54, 1.807) is 30.3 Å². The second-order valence-corrected chi connectivity index (χ2v) is 5.90. The summed E-state index contributed by atoms with van der Waals surface area (Å²) in [7, 11) is 3.00. The van der Waals surface area contributed by atoms with Crippen molar-refractivity contribution < 1.29 is 24.1 Å². The highest BCUT2D eigenvalue weighted by Crippen LogP contribution is 2.35. The summed E-state index contributed by atoms with van der Waals surface area (Å²) in [5, 5.41) is 13.8. The zero-order valence-corrected chi connectivity index (χ0v) is 16.2. The van der Waals surface area contributed by atoms with E-state index in [1.165, 1.54) is 20.4 Å². The number of halogens is 1. The van der Waals surface area contributed by atoms with Crippen molar-refractivity contribution in [2.45, 2.75) is 6.92 Å². The Hall–Kier alpha value is -2.74. The molecule has 1 amide bonds. The smallest absolute Gasteiger partial charge is 0.275 e. The summed E-state index contributed by atoms with van der Waals surface area (Å²) in [6, 6.07) is 8.14. The topological polar surface area (TPSA) is 89.4 Å². The number of benzene rings is 2. The summed E-state index contributed by atoms with van der Waals surface area (Å²) in [6.07, 6.45) is 1.45. The van der Waals surface area contributed by atoms with Gasteiger partial charge >= 0.3 is 0 Å². The van der Waals surface area contributed by atoms with Gasteiger partial charge in [0.05, 0.1) is 37.1 Å². The molecule has 0 aliphatic heterocycles. The lowest BCUT2D eigenvalue weighted by atomic mass is 10.2. The Bertz CT molecular complexity index is 823. The third kappa shape index (κ3) is 4.66. The SMILES string of the molecule is CCOc1cc(/C=N\NC(=O)c2ccc(OC)cc2OC)cc(Br)c1O. The van der Waals surface area contributed by atoms with Gasteiger partial charge in [-0.1, -0.05) is 0 Å². The van der Waals surface area contributed by atoms with E-state index in [0.717, 1.165) is 0 Å². The molecule has 2 N–H and O–H groups in total. The Morgan fingerprint density at radius 1 is 1.23 bits per heavy atom. The molecule has 0 aromatic heterocycles. The van der Waals surface area contributed by atoms with Crippen LogP contribution in [0.2, 0.25) is 0 Å². The van der Waals surface area contributed by atoms with Crippen LogP contribution in [-0.2, 0) is 0 Å². The first-order chi connectivity index (χ1) is 12.5. The molecule has 0 aliphatic carbocycles. The molecule has 0 saturated carbocycles. The largest absolute Gasteiger partial charge is 0.503 e. The van der Waals surface area contributed by atoms with Crippen molar-refractivity contribution in [2.24, 2.45) is 5.10 Å². The van der Waals surface area contributed by atoms with E-state index in [-0.39, 0.29) is 5.75 Å². The fourth-order valence-corrected chi connectivity index (χ4v) is 2.61. The van der Waals surface area contributed by atoms with Crippen LogP contribution in [0.4, 0.5) is 0 Å². The maximum absolute atomic E-state index is 12.3. The molecule has 0 bridgehead atoms. The van der Waals surface area contributed by atoms with Gasteiger partial charge in [0.15, 0.2) is 11.5 Å². The van der Waals surface area contributed by atoms with Crippen LogP contribution in [0.25, 0.3) is 0 Å². The maximum Gasteiger partial charge on any atom is 0.275 e. The lowest BCUT2D eigenvalue weighted by Crippen LogP contribution is -2.18. The van der Waals surface area contributed by atoms with Crippen LogP contribution in [0.1, 0.15) is 22.8 Å². The van der Waals surface area contributed by atoms with Crippen molar-refractivity contribution in [3.63, 3.8) is 0 Å². The summed E-state index contributed by atoms with van der Waals surface area (Å²) in [6.45, 7) is 2.23. The lowest BCUT2D eigenvalue weighted by molar-refractivity contribution is 0.0952. The van der Waals surface area contributed by atoms with Crippen LogP contribution in [0, 0.1) is 0 Å². The zero-order chi connectivity index (χ0) is 19.1. The number of carbonyl (C=O) groups is 1. The minimum atomic E-state index is -0.427. The van der Waals surface area contributed by atoms with Crippen molar-refractivity contribution in [1.29, 1.82) is 0 Å². The van der Waals surface area contributed by atoms with Crippen molar-refractivity contribution >= 4 is 28.1 Å². The van der Waals surface area contributed by atoms with E-state index in [0.29, 0.717) is 39.5 Å². The highest BCUT2D eigenvalue weighted by molar-refractivity contribution is 9.10. The summed E-state index contributed by atoms with van der Waals surface area (Å²) in [5.41, 5.74) is 3.40. The number of nitrogens with zero attached hydrogens (tertiary/aromatic N) is 1. The van der Waals surface area contributed by atoms with E-state index in [2.05, 4.69) is 26.5 Å². The molecule has 0 spiro atoms. The molecular weight excluding hydrogens is 404 g/mol. The van der Waals surface area contributed by atoms with Gasteiger partial charge in [-0.15, -0.1) is 0 Å². The fraction of sp³-hybridized carbons (Fsp3) is 0.222. The van der Waals surface area contributed by atoms with Crippen LogP contribution in [0.5, 0.6) is 23.0 Å². The first-order valence-corrected chi connectivity index (χ1v) is 8.50. The van der Waals surface area contributed by atoms with Crippen molar-refractivity contribution in [1.82, 2.24) is 5.43 Å². The number of nitrogens with one attached hydrogen (secondary N) is 1. The molecule has 138 valence electrons. The van der Waals surface area contributed by atoms with Gasteiger partial charge < -0.3 is 19.3 Å². The number of carbonyl (C=O) groups excluding carboxylic acids is 1. The van der Waals surface area contributed by atoms with Crippen LogP contribution >= 0.6 is 15.9 Å². The van der Waals surface area contributed by atoms with Gasteiger partial charge in [0.2, 0.25) is 0 Å². The van der Waals surface area contributed by atoms with Gasteiger partial charge in [-0.25, -0.2) is 5.43 Å². The van der Waals surface area contributed by atoms with E-state index in [1.807, 2.05) is 6.92 Å². The average Bonchev–Trinajstić information content (AvgIpc) is 2.65. The van der Waals surface area contributed by atoms with Crippen LogP contribution in [0.3, 0.4) is 0 Å².